The van der Waals surface area contributed by atoms with Crippen LogP contribution in [-0.2, 0) is 16.4 Å². The summed E-state index contributed by atoms with van der Waals surface area (Å²) in [6.07, 6.45) is 3.05. The van der Waals surface area contributed by atoms with Gasteiger partial charge in [0.05, 0.1) is 4.90 Å². The normalized spacial score (nSPS) is 26.9. The lowest BCUT2D eigenvalue weighted by molar-refractivity contribution is 0.383. The zero-order valence-electron chi connectivity index (χ0n) is 11.9. The summed E-state index contributed by atoms with van der Waals surface area (Å²) in [6, 6.07) is 7.55. The van der Waals surface area contributed by atoms with E-state index in [-0.39, 0.29) is 6.04 Å². The summed E-state index contributed by atoms with van der Waals surface area (Å²) in [4.78, 5) is 0.435. The molecular formula is C15H22N2O2S. The first-order valence-electron chi connectivity index (χ1n) is 7.44. The Labute approximate surface area is 121 Å². The van der Waals surface area contributed by atoms with Crippen LogP contribution in [-0.4, -0.2) is 38.4 Å². The fourth-order valence-electron chi connectivity index (χ4n) is 3.36. The van der Waals surface area contributed by atoms with Gasteiger partial charge in [0.2, 0.25) is 10.0 Å². The fourth-order valence-corrected chi connectivity index (χ4v) is 5.06. The molecule has 2 aliphatic heterocycles. The summed E-state index contributed by atoms with van der Waals surface area (Å²) in [6.45, 7) is 4.53. The van der Waals surface area contributed by atoms with E-state index in [9.17, 15) is 8.42 Å². The lowest BCUT2D eigenvalue weighted by atomic mass is 10.1. The van der Waals surface area contributed by atoms with Crippen molar-refractivity contribution in [2.45, 2.75) is 37.1 Å². The predicted molar refractivity (Wildman–Crippen MR) is 79.1 cm³/mol. The Hall–Kier alpha value is -0.910. The van der Waals surface area contributed by atoms with Crippen LogP contribution in [0.2, 0.25) is 0 Å². The van der Waals surface area contributed by atoms with Gasteiger partial charge in [-0.05, 0) is 43.0 Å². The lowest BCUT2D eigenvalue weighted by Gasteiger charge is -2.22. The van der Waals surface area contributed by atoms with E-state index in [1.807, 2.05) is 12.1 Å². The van der Waals surface area contributed by atoms with Gasteiger partial charge in [-0.15, -0.1) is 0 Å². The van der Waals surface area contributed by atoms with E-state index in [1.165, 1.54) is 5.56 Å². The summed E-state index contributed by atoms with van der Waals surface area (Å²) < 4.78 is 27.2. The van der Waals surface area contributed by atoms with Crippen LogP contribution in [0.3, 0.4) is 0 Å². The number of benzene rings is 1. The average Bonchev–Trinajstić information content (AvgIpc) is 3.01. The third kappa shape index (κ3) is 2.38. The summed E-state index contributed by atoms with van der Waals surface area (Å²) >= 11 is 0. The average molecular weight is 294 g/mol. The van der Waals surface area contributed by atoms with Crippen molar-refractivity contribution in [2.24, 2.45) is 5.92 Å². The Balaban J connectivity index is 1.84. The first kappa shape index (κ1) is 14.0. The first-order chi connectivity index (χ1) is 9.63. The van der Waals surface area contributed by atoms with E-state index in [0.29, 0.717) is 17.4 Å². The molecule has 0 aromatic heterocycles. The predicted octanol–water partition coefficient (Wildman–Crippen LogP) is 1.62. The van der Waals surface area contributed by atoms with Gasteiger partial charge in [0, 0.05) is 19.1 Å². The maximum atomic E-state index is 12.7. The number of hydrogen-bond acceptors (Lipinski definition) is 3. The zero-order valence-corrected chi connectivity index (χ0v) is 12.7. The number of aryl methyl sites for hydroxylation is 1. The van der Waals surface area contributed by atoms with Crippen molar-refractivity contribution in [1.82, 2.24) is 9.62 Å². The second kappa shape index (κ2) is 5.47. The van der Waals surface area contributed by atoms with Crippen molar-refractivity contribution in [3.63, 3.8) is 0 Å². The number of nitrogens with one attached hydrogen (secondary N) is 1. The Bertz CT molecular complexity index is 568. The van der Waals surface area contributed by atoms with Crippen molar-refractivity contribution in [1.29, 1.82) is 0 Å². The van der Waals surface area contributed by atoms with E-state index in [0.717, 1.165) is 32.4 Å². The molecule has 1 aromatic carbocycles. The van der Waals surface area contributed by atoms with Gasteiger partial charge < -0.3 is 5.32 Å². The molecule has 0 unspecified atom stereocenters. The van der Waals surface area contributed by atoms with Crippen LogP contribution in [0, 0.1) is 5.92 Å². The third-order valence-corrected chi connectivity index (χ3v) is 6.40. The van der Waals surface area contributed by atoms with Gasteiger partial charge in [0.1, 0.15) is 0 Å². The molecule has 2 heterocycles. The molecule has 110 valence electrons. The summed E-state index contributed by atoms with van der Waals surface area (Å²) in [5.74, 6) is 0.490. The highest BCUT2D eigenvalue weighted by molar-refractivity contribution is 7.89. The summed E-state index contributed by atoms with van der Waals surface area (Å²) in [5.41, 5.74) is 1.20. The monoisotopic (exact) mass is 294 g/mol. The van der Waals surface area contributed by atoms with Crippen molar-refractivity contribution in [3.05, 3.63) is 29.8 Å². The van der Waals surface area contributed by atoms with Crippen LogP contribution in [0.25, 0.3) is 0 Å². The van der Waals surface area contributed by atoms with E-state index in [2.05, 4.69) is 12.2 Å². The molecule has 1 aromatic rings. The molecule has 0 amide bonds. The highest BCUT2D eigenvalue weighted by Crippen LogP contribution is 2.32. The molecule has 2 aliphatic rings. The van der Waals surface area contributed by atoms with Crippen molar-refractivity contribution in [3.8, 4) is 0 Å². The highest BCUT2D eigenvalue weighted by Gasteiger charge is 2.43. The van der Waals surface area contributed by atoms with Gasteiger partial charge in [0.15, 0.2) is 0 Å². The molecular weight excluding hydrogens is 272 g/mol. The van der Waals surface area contributed by atoms with E-state index in [4.69, 9.17) is 0 Å². The molecule has 5 heteroatoms. The van der Waals surface area contributed by atoms with Gasteiger partial charge in [-0.25, -0.2) is 8.42 Å². The second-order valence-electron chi connectivity index (χ2n) is 5.78. The Morgan fingerprint density at radius 2 is 2.00 bits per heavy atom. The Morgan fingerprint density at radius 3 is 2.70 bits per heavy atom. The first-order valence-corrected chi connectivity index (χ1v) is 8.88. The minimum atomic E-state index is -3.33. The van der Waals surface area contributed by atoms with Crippen molar-refractivity contribution < 1.29 is 8.42 Å². The van der Waals surface area contributed by atoms with E-state index >= 15 is 0 Å². The molecule has 0 spiro atoms. The van der Waals surface area contributed by atoms with E-state index in [1.54, 1.807) is 16.4 Å². The number of fused-ring (bicyclic) bond motifs is 1. The van der Waals surface area contributed by atoms with Gasteiger partial charge in [-0.1, -0.05) is 25.5 Å². The Kier molecular flexibility index (Phi) is 3.84. The van der Waals surface area contributed by atoms with E-state index < -0.39 is 10.0 Å². The summed E-state index contributed by atoms with van der Waals surface area (Å²) in [7, 11) is -3.33. The standard InChI is InChI=1S/C15H22N2O2S/c1-2-3-12-4-6-14(7-5-12)20(18,19)17-9-8-13-10-16-11-15(13)17/h4-7,13,15-16H,2-3,8-11H2,1H3/t13-,15+/m0/s1. The lowest BCUT2D eigenvalue weighted by Crippen LogP contribution is -2.38. The number of rotatable bonds is 4. The molecule has 20 heavy (non-hydrogen) atoms. The van der Waals surface area contributed by atoms with Crippen molar-refractivity contribution >= 4 is 10.0 Å². The van der Waals surface area contributed by atoms with Gasteiger partial charge in [0.25, 0.3) is 0 Å². The van der Waals surface area contributed by atoms with Crippen LogP contribution in [0.5, 0.6) is 0 Å². The van der Waals surface area contributed by atoms with Crippen molar-refractivity contribution in [2.75, 3.05) is 19.6 Å². The number of hydrogen-bond donors (Lipinski definition) is 1. The summed E-state index contributed by atoms with van der Waals surface area (Å²) in [5, 5.41) is 3.30. The molecule has 0 radical (unpaired) electrons. The maximum Gasteiger partial charge on any atom is 0.243 e. The van der Waals surface area contributed by atoms with Crippen LogP contribution in [0.15, 0.2) is 29.2 Å². The molecule has 2 atom stereocenters. The third-order valence-electron chi connectivity index (χ3n) is 4.46. The second-order valence-corrected chi connectivity index (χ2v) is 7.67. The molecule has 1 N–H and O–H groups in total. The molecule has 0 bridgehead atoms. The quantitative estimate of drug-likeness (QED) is 0.918. The van der Waals surface area contributed by atoms with Crippen LogP contribution in [0.1, 0.15) is 25.3 Å². The molecule has 3 rings (SSSR count). The van der Waals surface area contributed by atoms with Crippen LogP contribution in [0.4, 0.5) is 0 Å². The van der Waals surface area contributed by atoms with Gasteiger partial charge >= 0.3 is 0 Å². The molecule has 0 saturated carbocycles. The molecule has 0 aliphatic carbocycles. The number of nitrogens with zero attached hydrogens (tertiary/aromatic N) is 1. The molecule has 2 saturated heterocycles. The Morgan fingerprint density at radius 1 is 1.25 bits per heavy atom. The smallest absolute Gasteiger partial charge is 0.243 e. The topological polar surface area (TPSA) is 49.4 Å². The fraction of sp³-hybridized carbons (Fsp3) is 0.600. The minimum absolute atomic E-state index is 0.148. The minimum Gasteiger partial charge on any atom is -0.315 e. The molecule has 4 nitrogen and oxygen atoms in total. The van der Waals surface area contributed by atoms with Gasteiger partial charge in [-0.2, -0.15) is 4.31 Å². The molecule has 2 fully saturated rings. The highest BCUT2D eigenvalue weighted by atomic mass is 32.2. The van der Waals surface area contributed by atoms with Gasteiger partial charge in [-0.3, -0.25) is 0 Å². The zero-order chi connectivity index (χ0) is 14.2. The number of sulfonamides is 1. The largest absolute Gasteiger partial charge is 0.315 e. The van der Waals surface area contributed by atoms with Crippen LogP contribution >= 0.6 is 0 Å². The van der Waals surface area contributed by atoms with Crippen LogP contribution < -0.4 is 5.32 Å². The maximum absolute atomic E-state index is 12.7. The SMILES string of the molecule is CCCc1ccc(S(=O)(=O)N2CC[C@H]3CNC[C@H]32)cc1.